The quantitative estimate of drug-likeness (QED) is 0.613. The van der Waals surface area contributed by atoms with Crippen LogP contribution in [-0.2, 0) is 9.53 Å². The number of nitrogens with zero attached hydrogens (tertiary/aromatic N) is 1. The van der Waals surface area contributed by atoms with E-state index in [-0.39, 0.29) is 11.6 Å². The van der Waals surface area contributed by atoms with Gasteiger partial charge in [0.05, 0.1) is 6.61 Å². The molecule has 0 amide bonds. The van der Waals surface area contributed by atoms with Crippen LogP contribution in [0.4, 0.5) is 0 Å². The third-order valence-corrected chi connectivity index (χ3v) is 3.34. The van der Waals surface area contributed by atoms with Gasteiger partial charge in [-0.3, -0.25) is 0 Å². The van der Waals surface area contributed by atoms with Crippen LogP contribution >= 0.6 is 15.9 Å². The largest absolute Gasteiger partial charge is 0.493 e. The molecule has 22 heavy (non-hydrogen) atoms. The summed E-state index contributed by atoms with van der Waals surface area (Å²) in [5.41, 5.74) is 0.969. The molecule has 1 aromatic heterocycles. The van der Waals surface area contributed by atoms with Gasteiger partial charge in [0.25, 0.3) is 5.90 Å². The third-order valence-electron chi connectivity index (χ3n) is 2.92. The van der Waals surface area contributed by atoms with Crippen molar-refractivity contribution < 1.29 is 18.7 Å². The van der Waals surface area contributed by atoms with Gasteiger partial charge < -0.3 is 13.9 Å². The van der Waals surface area contributed by atoms with Gasteiger partial charge in [-0.15, -0.1) is 0 Å². The van der Waals surface area contributed by atoms with Crippen molar-refractivity contribution in [2.45, 2.75) is 6.92 Å². The van der Waals surface area contributed by atoms with Gasteiger partial charge in [0.2, 0.25) is 0 Å². The number of para-hydroxylation sites is 1. The summed E-state index contributed by atoms with van der Waals surface area (Å²) >= 11 is 3.20. The van der Waals surface area contributed by atoms with Gasteiger partial charge in [0.1, 0.15) is 5.75 Å². The van der Waals surface area contributed by atoms with Crippen molar-refractivity contribution in [2.24, 2.45) is 4.99 Å². The summed E-state index contributed by atoms with van der Waals surface area (Å²) in [7, 11) is 0. The summed E-state index contributed by atoms with van der Waals surface area (Å²) in [6.07, 6.45) is 1.64. The summed E-state index contributed by atoms with van der Waals surface area (Å²) in [5, 5.41) is 0. The van der Waals surface area contributed by atoms with E-state index in [0.29, 0.717) is 22.8 Å². The highest BCUT2D eigenvalue weighted by molar-refractivity contribution is 9.10. The molecule has 0 bridgehead atoms. The zero-order valence-corrected chi connectivity index (χ0v) is 13.3. The normalized spacial score (nSPS) is 15.8. The number of ether oxygens (including phenoxy) is 2. The second kappa shape index (κ2) is 6.19. The number of carbonyl (C=O) groups is 1. The van der Waals surface area contributed by atoms with E-state index in [4.69, 9.17) is 13.9 Å². The van der Waals surface area contributed by atoms with Gasteiger partial charge in [-0.1, -0.05) is 18.2 Å². The van der Waals surface area contributed by atoms with Gasteiger partial charge in [-0.05, 0) is 47.1 Å². The fourth-order valence-corrected chi connectivity index (χ4v) is 2.28. The summed E-state index contributed by atoms with van der Waals surface area (Å²) < 4.78 is 16.5. The highest BCUT2D eigenvalue weighted by atomic mass is 79.9. The monoisotopic (exact) mass is 361 g/mol. The standard InChI is InChI=1S/C16H12BrNO4/c1-2-20-12-6-4-3-5-10(12)9-11-16(19)22-15(18-11)13-7-8-14(17)21-13/h3-9H,2H2,1H3/b11-9+. The molecule has 0 saturated heterocycles. The van der Waals surface area contributed by atoms with E-state index in [1.807, 2.05) is 31.2 Å². The van der Waals surface area contributed by atoms with Gasteiger partial charge in [-0.2, -0.15) is 0 Å². The second-order valence-corrected chi connectivity index (χ2v) is 5.19. The fourth-order valence-electron chi connectivity index (χ4n) is 1.98. The lowest BCUT2D eigenvalue weighted by Gasteiger charge is -2.06. The number of hydrogen-bond acceptors (Lipinski definition) is 5. The SMILES string of the molecule is CCOc1ccccc1/C=C1/N=C(c2ccc(Br)o2)OC1=O. The molecule has 0 radical (unpaired) electrons. The first-order valence-electron chi connectivity index (χ1n) is 6.67. The Bertz CT molecular complexity index is 776. The Morgan fingerprint density at radius 1 is 1.27 bits per heavy atom. The Kier molecular flexibility index (Phi) is 4.11. The van der Waals surface area contributed by atoms with Crippen LogP contribution in [0.15, 0.2) is 56.2 Å². The van der Waals surface area contributed by atoms with Crippen LogP contribution in [0.2, 0.25) is 0 Å². The molecule has 0 saturated carbocycles. The van der Waals surface area contributed by atoms with Crippen molar-refractivity contribution >= 4 is 33.9 Å². The van der Waals surface area contributed by atoms with E-state index in [9.17, 15) is 4.79 Å². The first-order chi connectivity index (χ1) is 10.7. The minimum absolute atomic E-state index is 0.149. The lowest BCUT2D eigenvalue weighted by Crippen LogP contribution is -2.04. The molecule has 5 nitrogen and oxygen atoms in total. The summed E-state index contributed by atoms with van der Waals surface area (Å²) in [4.78, 5) is 16.1. The topological polar surface area (TPSA) is 61.0 Å². The lowest BCUT2D eigenvalue weighted by molar-refractivity contribution is -0.130. The maximum atomic E-state index is 11.9. The number of benzene rings is 1. The number of carbonyl (C=O) groups excluding carboxylic acids is 1. The number of cyclic esters (lactones) is 1. The van der Waals surface area contributed by atoms with Gasteiger partial charge >= 0.3 is 5.97 Å². The first-order valence-corrected chi connectivity index (χ1v) is 7.47. The van der Waals surface area contributed by atoms with Crippen LogP contribution in [-0.4, -0.2) is 18.5 Å². The molecule has 0 unspecified atom stereocenters. The second-order valence-electron chi connectivity index (χ2n) is 4.41. The lowest BCUT2D eigenvalue weighted by atomic mass is 10.1. The zero-order chi connectivity index (χ0) is 15.5. The fraction of sp³-hybridized carbons (Fsp3) is 0.125. The number of hydrogen-bond donors (Lipinski definition) is 0. The maximum absolute atomic E-state index is 11.9. The van der Waals surface area contributed by atoms with Crippen molar-refractivity contribution in [2.75, 3.05) is 6.61 Å². The summed E-state index contributed by atoms with van der Waals surface area (Å²) in [5.74, 6) is 0.709. The highest BCUT2D eigenvalue weighted by Gasteiger charge is 2.26. The van der Waals surface area contributed by atoms with Crippen LogP contribution in [0.5, 0.6) is 5.75 Å². The Morgan fingerprint density at radius 2 is 2.09 bits per heavy atom. The Hall–Kier alpha value is -2.34. The Morgan fingerprint density at radius 3 is 2.82 bits per heavy atom. The third kappa shape index (κ3) is 2.96. The van der Waals surface area contributed by atoms with Gasteiger partial charge in [0.15, 0.2) is 16.1 Å². The van der Waals surface area contributed by atoms with Crippen molar-refractivity contribution in [1.29, 1.82) is 0 Å². The van der Waals surface area contributed by atoms with Gasteiger partial charge in [0, 0.05) is 5.56 Å². The van der Waals surface area contributed by atoms with E-state index in [1.165, 1.54) is 0 Å². The molecule has 0 N–H and O–H groups in total. The van der Waals surface area contributed by atoms with E-state index in [0.717, 1.165) is 5.56 Å². The molecular weight excluding hydrogens is 350 g/mol. The van der Waals surface area contributed by atoms with Gasteiger partial charge in [-0.25, -0.2) is 9.79 Å². The van der Waals surface area contributed by atoms with E-state index in [1.54, 1.807) is 18.2 Å². The molecule has 0 spiro atoms. The van der Waals surface area contributed by atoms with E-state index in [2.05, 4.69) is 20.9 Å². The highest BCUT2D eigenvalue weighted by Crippen LogP contribution is 2.25. The van der Waals surface area contributed by atoms with Crippen LogP contribution < -0.4 is 4.74 Å². The molecule has 2 heterocycles. The molecule has 0 atom stereocenters. The average Bonchev–Trinajstić information content (AvgIpc) is 3.08. The molecule has 3 rings (SSSR count). The van der Waals surface area contributed by atoms with Crippen LogP contribution in [0.3, 0.4) is 0 Å². The number of rotatable bonds is 4. The predicted molar refractivity (Wildman–Crippen MR) is 84.6 cm³/mol. The number of aliphatic imine (C=N–C) groups is 1. The van der Waals surface area contributed by atoms with Crippen molar-refractivity contribution in [3.63, 3.8) is 0 Å². The van der Waals surface area contributed by atoms with E-state index < -0.39 is 5.97 Å². The molecule has 112 valence electrons. The smallest absolute Gasteiger partial charge is 0.363 e. The molecular formula is C16H12BrNO4. The molecule has 0 aliphatic carbocycles. The molecule has 0 fully saturated rings. The number of furan rings is 1. The van der Waals surface area contributed by atoms with Crippen molar-refractivity contribution in [1.82, 2.24) is 0 Å². The molecule has 1 aliphatic heterocycles. The minimum atomic E-state index is -0.520. The van der Waals surface area contributed by atoms with Crippen LogP contribution in [0.25, 0.3) is 6.08 Å². The Balaban J connectivity index is 1.94. The van der Waals surface area contributed by atoms with Crippen molar-refractivity contribution in [3.8, 4) is 5.75 Å². The average molecular weight is 362 g/mol. The zero-order valence-electron chi connectivity index (χ0n) is 11.7. The molecule has 2 aromatic rings. The van der Waals surface area contributed by atoms with E-state index >= 15 is 0 Å². The summed E-state index contributed by atoms with van der Waals surface area (Å²) in [6, 6.07) is 10.8. The minimum Gasteiger partial charge on any atom is -0.493 e. The van der Waals surface area contributed by atoms with Crippen LogP contribution in [0, 0.1) is 0 Å². The molecule has 1 aromatic carbocycles. The summed E-state index contributed by atoms with van der Waals surface area (Å²) in [6.45, 7) is 2.44. The number of esters is 1. The molecule has 1 aliphatic rings. The number of halogens is 1. The predicted octanol–water partition coefficient (Wildman–Crippen LogP) is 3.79. The maximum Gasteiger partial charge on any atom is 0.363 e. The van der Waals surface area contributed by atoms with Crippen LogP contribution in [0.1, 0.15) is 18.2 Å². The molecule has 6 heteroatoms. The van der Waals surface area contributed by atoms with Crippen molar-refractivity contribution in [3.05, 3.63) is 58.1 Å². The first kappa shape index (κ1) is 14.6. The Labute approximate surface area is 135 Å².